The van der Waals surface area contributed by atoms with Crippen LogP contribution in [0.1, 0.15) is 40.2 Å². The molecule has 0 aromatic heterocycles. The highest BCUT2D eigenvalue weighted by Gasteiger charge is 2.51. The molecule has 2 unspecified atom stereocenters. The molecule has 1 aromatic carbocycles. The molecule has 2 amide bonds. The van der Waals surface area contributed by atoms with Crippen LogP contribution < -0.4 is 5.32 Å². The molecule has 0 bridgehead atoms. The first-order valence-corrected chi connectivity index (χ1v) is 10.9. The standard InChI is InChI=1S/C22H30N2O5S/c1-14(2)19-20(26)24(11-12-30-19)18(13-17-9-7-6-8-10-17)22(28,23-16(5)25)21(27)29-15(3)4/h6-12,14-15,18-19,28H,13H2,1-5H3,(H,23,25)/t18-,19?,22?/m0/s1. The summed E-state index contributed by atoms with van der Waals surface area (Å²) in [5.74, 6) is -1.81. The largest absolute Gasteiger partial charge is 0.459 e. The Hall–Kier alpha value is -2.32. The summed E-state index contributed by atoms with van der Waals surface area (Å²) in [6.45, 7) is 8.37. The predicted molar refractivity (Wildman–Crippen MR) is 116 cm³/mol. The molecule has 1 heterocycles. The van der Waals surface area contributed by atoms with Crippen molar-refractivity contribution in [2.75, 3.05) is 0 Å². The Balaban J connectivity index is 2.55. The molecular weight excluding hydrogens is 404 g/mol. The van der Waals surface area contributed by atoms with Crippen molar-refractivity contribution in [1.82, 2.24) is 10.2 Å². The van der Waals surface area contributed by atoms with Gasteiger partial charge in [0.25, 0.3) is 5.72 Å². The van der Waals surface area contributed by atoms with Crippen LogP contribution in [0, 0.1) is 5.92 Å². The van der Waals surface area contributed by atoms with Crippen molar-refractivity contribution in [2.45, 2.75) is 64.2 Å². The van der Waals surface area contributed by atoms with Crippen LogP contribution in [0.15, 0.2) is 41.9 Å². The SMILES string of the molecule is CC(=O)NC(O)(C(=O)OC(C)C)[C@H](Cc1ccccc1)N1C=CSC(C(C)C)C1=O. The van der Waals surface area contributed by atoms with Crippen LogP contribution in [0.3, 0.4) is 0 Å². The van der Waals surface area contributed by atoms with Crippen molar-refractivity contribution in [3.8, 4) is 0 Å². The maximum absolute atomic E-state index is 13.3. The molecule has 2 N–H and O–H groups in total. The number of benzene rings is 1. The molecule has 7 nitrogen and oxygen atoms in total. The molecule has 0 saturated heterocycles. The number of carbonyl (C=O) groups is 3. The first-order valence-electron chi connectivity index (χ1n) is 9.96. The van der Waals surface area contributed by atoms with E-state index in [1.54, 1.807) is 25.5 Å². The van der Waals surface area contributed by atoms with Crippen LogP contribution in [-0.4, -0.2) is 50.9 Å². The minimum Gasteiger partial charge on any atom is -0.459 e. The zero-order valence-corrected chi connectivity index (χ0v) is 18.8. The summed E-state index contributed by atoms with van der Waals surface area (Å²) in [7, 11) is 0. The molecule has 0 aliphatic carbocycles. The molecule has 1 aromatic rings. The van der Waals surface area contributed by atoms with Gasteiger partial charge in [0, 0.05) is 13.1 Å². The quantitative estimate of drug-likeness (QED) is 0.482. The van der Waals surface area contributed by atoms with Crippen molar-refractivity contribution in [3.05, 3.63) is 47.5 Å². The number of hydrogen-bond donors (Lipinski definition) is 2. The summed E-state index contributed by atoms with van der Waals surface area (Å²) in [5.41, 5.74) is -1.63. The van der Waals surface area contributed by atoms with Gasteiger partial charge in [-0.15, -0.1) is 11.8 Å². The first kappa shape index (κ1) is 24.0. The summed E-state index contributed by atoms with van der Waals surface area (Å²) in [4.78, 5) is 39.5. The molecule has 3 atom stereocenters. The normalized spacial score (nSPS) is 19.5. The highest BCUT2D eigenvalue weighted by Crippen LogP contribution is 2.32. The lowest BCUT2D eigenvalue weighted by Crippen LogP contribution is -2.68. The van der Waals surface area contributed by atoms with Gasteiger partial charge in [0.2, 0.25) is 11.8 Å². The van der Waals surface area contributed by atoms with Crippen molar-refractivity contribution in [3.63, 3.8) is 0 Å². The Morgan fingerprint density at radius 2 is 1.87 bits per heavy atom. The maximum atomic E-state index is 13.3. The summed E-state index contributed by atoms with van der Waals surface area (Å²) >= 11 is 1.39. The number of hydrogen-bond acceptors (Lipinski definition) is 6. The monoisotopic (exact) mass is 434 g/mol. The number of aliphatic hydroxyl groups is 1. The molecule has 30 heavy (non-hydrogen) atoms. The van der Waals surface area contributed by atoms with E-state index < -0.39 is 29.7 Å². The molecule has 164 valence electrons. The lowest BCUT2D eigenvalue weighted by molar-refractivity contribution is -0.184. The minimum atomic E-state index is -2.42. The Bertz CT molecular complexity index is 796. The third kappa shape index (κ3) is 5.64. The highest BCUT2D eigenvalue weighted by atomic mass is 32.2. The number of carbonyl (C=O) groups excluding carboxylic acids is 3. The molecule has 1 aliphatic rings. The average molecular weight is 435 g/mol. The van der Waals surface area contributed by atoms with Gasteiger partial charge in [0.15, 0.2) is 0 Å². The van der Waals surface area contributed by atoms with Gasteiger partial charge in [-0.3, -0.25) is 9.59 Å². The van der Waals surface area contributed by atoms with E-state index in [0.29, 0.717) is 0 Å². The van der Waals surface area contributed by atoms with Crippen LogP contribution in [0.5, 0.6) is 0 Å². The Kier molecular flexibility index (Phi) is 8.09. The van der Waals surface area contributed by atoms with Crippen molar-refractivity contribution < 1.29 is 24.2 Å². The second-order valence-electron chi connectivity index (χ2n) is 7.94. The smallest absolute Gasteiger partial charge is 0.362 e. The highest BCUT2D eigenvalue weighted by molar-refractivity contribution is 8.03. The third-order valence-electron chi connectivity index (χ3n) is 4.66. The fourth-order valence-corrected chi connectivity index (χ4v) is 4.21. The van der Waals surface area contributed by atoms with E-state index in [0.717, 1.165) is 5.56 Å². The summed E-state index contributed by atoms with van der Waals surface area (Å²) in [6.07, 6.45) is 1.17. The van der Waals surface area contributed by atoms with Crippen LogP contribution in [0.2, 0.25) is 0 Å². The fraction of sp³-hybridized carbons (Fsp3) is 0.500. The maximum Gasteiger partial charge on any atom is 0.362 e. The van der Waals surface area contributed by atoms with E-state index in [4.69, 9.17) is 4.74 Å². The Morgan fingerprint density at radius 1 is 1.23 bits per heavy atom. The molecule has 0 spiro atoms. The molecular formula is C22H30N2O5S. The molecule has 0 radical (unpaired) electrons. The number of esters is 1. The fourth-order valence-electron chi connectivity index (χ4n) is 3.29. The van der Waals surface area contributed by atoms with E-state index >= 15 is 0 Å². The van der Waals surface area contributed by atoms with Crippen molar-refractivity contribution >= 4 is 29.5 Å². The van der Waals surface area contributed by atoms with E-state index in [2.05, 4.69) is 5.32 Å². The molecule has 0 fully saturated rings. The van der Waals surface area contributed by atoms with Gasteiger partial charge in [-0.05, 0) is 37.2 Å². The molecule has 8 heteroatoms. The van der Waals surface area contributed by atoms with E-state index in [-0.39, 0.29) is 23.5 Å². The van der Waals surface area contributed by atoms with Gasteiger partial charge in [0.05, 0.1) is 17.4 Å². The zero-order valence-electron chi connectivity index (χ0n) is 18.0. The topological polar surface area (TPSA) is 95.9 Å². The molecule has 2 rings (SSSR count). The number of nitrogens with one attached hydrogen (secondary N) is 1. The van der Waals surface area contributed by atoms with Crippen LogP contribution in [0.25, 0.3) is 0 Å². The van der Waals surface area contributed by atoms with Gasteiger partial charge in [-0.25, -0.2) is 4.79 Å². The first-order chi connectivity index (χ1) is 14.1. The summed E-state index contributed by atoms with van der Waals surface area (Å²) in [6, 6.07) is 8.08. The van der Waals surface area contributed by atoms with Gasteiger partial charge < -0.3 is 20.1 Å². The average Bonchev–Trinajstić information content (AvgIpc) is 2.66. The predicted octanol–water partition coefficient (Wildman–Crippen LogP) is 2.45. The number of rotatable bonds is 8. The van der Waals surface area contributed by atoms with Crippen molar-refractivity contribution in [2.24, 2.45) is 5.92 Å². The van der Waals surface area contributed by atoms with E-state index in [9.17, 15) is 19.5 Å². The number of nitrogens with zero attached hydrogens (tertiary/aromatic N) is 1. The van der Waals surface area contributed by atoms with Crippen LogP contribution in [-0.2, 0) is 25.5 Å². The van der Waals surface area contributed by atoms with Crippen LogP contribution >= 0.6 is 11.8 Å². The van der Waals surface area contributed by atoms with Gasteiger partial charge in [-0.1, -0.05) is 44.2 Å². The number of thioether (sulfide) groups is 1. The zero-order chi connectivity index (χ0) is 22.5. The lowest BCUT2D eigenvalue weighted by atomic mass is 9.93. The van der Waals surface area contributed by atoms with Crippen LogP contribution in [0.4, 0.5) is 0 Å². The summed E-state index contributed by atoms with van der Waals surface area (Å²) < 4.78 is 5.26. The van der Waals surface area contributed by atoms with E-state index in [1.807, 2.05) is 44.2 Å². The van der Waals surface area contributed by atoms with E-state index in [1.165, 1.54) is 23.6 Å². The minimum absolute atomic E-state index is 0.0452. The van der Waals surface area contributed by atoms with Gasteiger partial charge in [-0.2, -0.15) is 0 Å². The number of amides is 2. The van der Waals surface area contributed by atoms with Gasteiger partial charge >= 0.3 is 5.97 Å². The molecule has 1 aliphatic heterocycles. The number of ether oxygens (including phenoxy) is 1. The second-order valence-corrected chi connectivity index (χ2v) is 8.99. The third-order valence-corrected chi connectivity index (χ3v) is 5.98. The van der Waals surface area contributed by atoms with Gasteiger partial charge in [0.1, 0.15) is 0 Å². The van der Waals surface area contributed by atoms with Crippen molar-refractivity contribution in [1.29, 1.82) is 0 Å². The molecule has 0 saturated carbocycles. The lowest BCUT2D eigenvalue weighted by Gasteiger charge is -2.42. The second kappa shape index (κ2) is 10.1. The summed E-state index contributed by atoms with van der Waals surface area (Å²) in [5, 5.41) is 15.2. The Labute approximate surface area is 181 Å². The Morgan fingerprint density at radius 3 is 2.40 bits per heavy atom.